The molecule has 0 unspecified atom stereocenters. The highest BCUT2D eigenvalue weighted by atomic mass is 28.4. The largest absolute Gasteiger partial charge is 0.406 e. The van der Waals surface area contributed by atoms with Gasteiger partial charge in [0.15, 0.2) is 8.32 Å². The molecule has 0 aliphatic carbocycles. The molecule has 0 bridgehead atoms. The molecule has 2 atom stereocenters. The van der Waals surface area contributed by atoms with Crippen molar-refractivity contribution in [2.45, 2.75) is 63.6 Å². The number of aromatic nitrogens is 2. The van der Waals surface area contributed by atoms with Crippen molar-refractivity contribution >= 4 is 8.32 Å². The van der Waals surface area contributed by atoms with Crippen LogP contribution in [0, 0.1) is 5.92 Å². The Balaban J connectivity index is 1.92. The fourth-order valence-corrected chi connectivity index (χ4v) is 7.86. The first-order valence-corrected chi connectivity index (χ1v) is 16.6. The maximum Gasteiger partial charge on any atom is 0.193 e. The van der Waals surface area contributed by atoms with Gasteiger partial charge >= 0.3 is 0 Å². The summed E-state index contributed by atoms with van der Waals surface area (Å²) < 4.78 is 8.91. The Hall–Kier alpha value is -3.03. The molecule has 4 aromatic rings. The Morgan fingerprint density at radius 3 is 1.64 bits per heavy atom. The Morgan fingerprint density at radius 1 is 0.821 bits per heavy atom. The van der Waals surface area contributed by atoms with Crippen LogP contribution in [0.4, 0.5) is 0 Å². The van der Waals surface area contributed by atoms with Crippen molar-refractivity contribution in [1.29, 1.82) is 0 Å². The van der Waals surface area contributed by atoms with Gasteiger partial charge in [-0.05, 0) is 40.7 Å². The van der Waals surface area contributed by atoms with E-state index in [-0.39, 0.29) is 5.04 Å². The van der Waals surface area contributed by atoms with E-state index >= 15 is 0 Å². The SMILES string of the molecule is CC(C)C(C)(C)[Si](C)(C)O[C@@H](c1cn(C(c2ccccc2)(c2ccccc2)c2ccccc2)cn1)[C@H](O)CO. The number of nitrogens with zero attached hydrogens (tertiary/aromatic N) is 2. The van der Waals surface area contributed by atoms with Gasteiger partial charge in [0, 0.05) is 6.20 Å². The van der Waals surface area contributed by atoms with Crippen LogP contribution in [0.2, 0.25) is 18.1 Å². The van der Waals surface area contributed by atoms with Gasteiger partial charge in [-0.15, -0.1) is 0 Å². The van der Waals surface area contributed by atoms with Gasteiger partial charge in [-0.2, -0.15) is 0 Å². The summed E-state index contributed by atoms with van der Waals surface area (Å²) in [6.45, 7) is 12.8. The molecule has 1 heterocycles. The highest BCUT2D eigenvalue weighted by Crippen LogP contribution is 2.47. The molecule has 4 rings (SSSR count). The fourth-order valence-electron chi connectivity index (χ4n) is 5.25. The normalized spacial score (nSPS) is 14.4. The lowest BCUT2D eigenvalue weighted by Gasteiger charge is -2.44. The van der Waals surface area contributed by atoms with Crippen molar-refractivity contribution < 1.29 is 14.6 Å². The third-order valence-corrected chi connectivity index (χ3v) is 13.3. The molecule has 206 valence electrons. The van der Waals surface area contributed by atoms with E-state index in [1.165, 1.54) is 0 Å². The van der Waals surface area contributed by atoms with E-state index in [4.69, 9.17) is 9.41 Å². The van der Waals surface area contributed by atoms with Gasteiger partial charge in [-0.25, -0.2) is 4.98 Å². The van der Waals surface area contributed by atoms with E-state index < -0.39 is 32.7 Å². The predicted octanol–water partition coefficient (Wildman–Crippen LogP) is 6.78. The Kier molecular flexibility index (Phi) is 8.62. The van der Waals surface area contributed by atoms with Gasteiger partial charge in [0.25, 0.3) is 0 Å². The van der Waals surface area contributed by atoms with Gasteiger partial charge in [0.05, 0.1) is 18.6 Å². The molecule has 0 fully saturated rings. The Morgan fingerprint density at radius 2 is 1.26 bits per heavy atom. The molecule has 0 radical (unpaired) electrons. The molecule has 3 aromatic carbocycles. The molecular formula is C33H42N2O3Si. The van der Waals surface area contributed by atoms with E-state index in [9.17, 15) is 10.2 Å². The summed E-state index contributed by atoms with van der Waals surface area (Å²) in [6, 6.07) is 31.2. The lowest BCUT2D eigenvalue weighted by Crippen LogP contribution is -2.48. The van der Waals surface area contributed by atoms with Crippen molar-refractivity contribution in [3.63, 3.8) is 0 Å². The zero-order valence-electron chi connectivity index (χ0n) is 24.0. The van der Waals surface area contributed by atoms with Gasteiger partial charge in [-0.3, -0.25) is 0 Å². The van der Waals surface area contributed by atoms with E-state index in [1.54, 1.807) is 0 Å². The number of benzene rings is 3. The molecule has 0 aliphatic heterocycles. The van der Waals surface area contributed by atoms with Crippen molar-refractivity contribution in [3.05, 3.63) is 126 Å². The molecule has 39 heavy (non-hydrogen) atoms. The molecule has 0 saturated heterocycles. The van der Waals surface area contributed by atoms with E-state index in [1.807, 2.05) is 30.7 Å². The predicted molar refractivity (Wildman–Crippen MR) is 160 cm³/mol. The quantitative estimate of drug-likeness (QED) is 0.162. The summed E-state index contributed by atoms with van der Waals surface area (Å²) in [7, 11) is -2.37. The highest BCUT2D eigenvalue weighted by molar-refractivity contribution is 6.74. The van der Waals surface area contributed by atoms with Crippen LogP contribution in [0.3, 0.4) is 0 Å². The third kappa shape index (κ3) is 5.39. The minimum absolute atomic E-state index is 0.0646. The smallest absolute Gasteiger partial charge is 0.193 e. The van der Waals surface area contributed by atoms with Crippen LogP contribution in [-0.2, 0) is 9.96 Å². The number of rotatable bonds is 11. The summed E-state index contributed by atoms with van der Waals surface area (Å²) in [6.07, 6.45) is 1.95. The molecule has 0 saturated carbocycles. The molecule has 0 aliphatic rings. The second-order valence-electron chi connectivity index (χ2n) is 11.7. The van der Waals surface area contributed by atoms with Crippen LogP contribution in [0.1, 0.15) is 56.2 Å². The van der Waals surface area contributed by atoms with E-state index in [0.717, 1.165) is 16.7 Å². The summed E-state index contributed by atoms with van der Waals surface area (Å²) >= 11 is 0. The monoisotopic (exact) mass is 542 g/mol. The van der Waals surface area contributed by atoms with Crippen LogP contribution in [0.25, 0.3) is 0 Å². The minimum Gasteiger partial charge on any atom is -0.406 e. The zero-order valence-corrected chi connectivity index (χ0v) is 25.0. The van der Waals surface area contributed by atoms with Crippen molar-refractivity contribution in [1.82, 2.24) is 9.55 Å². The van der Waals surface area contributed by atoms with Gasteiger partial charge in [-0.1, -0.05) is 119 Å². The Labute approximate surface area is 234 Å². The summed E-state index contributed by atoms with van der Waals surface area (Å²) in [5.74, 6) is 0.394. The number of hydrogen-bond acceptors (Lipinski definition) is 4. The second-order valence-corrected chi connectivity index (χ2v) is 16.2. The van der Waals surface area contributed by atoms with Gasteiger partial charge in [0.2, 0.25) is 0 Å². The third-order valence-electron chi connectivity index (χ3n) is 8.81. The standard InChI is InChI=1S/C33H42N2O3Si/c1-25(2)32(3,4)39(5,6)38-31(30(37)23-36)29-22-35(24-34-29)33(26-16-10-7-11-17-26,27-18-12-8-13-19-27)28-20-14-9-15-21-28/h7-22,24-25,30-31,36-37H,23H2,1-6H3/t30-,31+/m1/s1. The zero-order chi connectivity index (χ0) is 28.3. The molecule has 5 nitrogen and oxygen atoms in total. The first kappa shape index (κ1) is 29.0. The first-order valence-electron chi connectivity index (χ1n) is 13.7. The maximum absolute atomic E-state index is 11.0. The molecule has 0 amide bonds. The summed E-state index contributed by atoms with van der Waals surface area (Å²) in [5.41, 5.74) is 3.14. The average molecular weight is 543 g/mol. The van der Waals surface area contributed by atoms with Crippen molar-refractivity contribution in [2.75, 3.05) is 6.61 Å². The molecule has 6 heteroatoms. The van der Waals surface area contributed by atoms with E-state index in [2.05, 4.69) is 118 Å². The van der Waals surface area contributed by atoms with Crippen LogP contribution in [0.5, 0.6) is 0 Å². The summed E-state index contributed by atoms with van der Waals surface area (Å²) in [4.78, 5) is 4.83. The van der Waals surface area contributed by atoms with Crippen molar-refractivity contribution in [2.24, 2.45) is 5.92 Å². The van der Waals surface area contributed by atoms with Crippen LogP contribution >= 0.6 is 0 Å². The maximum atomic E-state index is 11.0. The molecule has 1 aromatic heterocycles. The van der Waals surface area contributed by atoms with Crippen LogP contribution in [-0.4, -0.2) is 40.8 Å². The second kappa shape index (κ2) is 11.6. The van der Waals surface area contributed by atoms with Crippen molar-refractivity contribution in [3.8, 4) is 0 Å². The fraction of sp³-hybridized carbons (Fsp3) is 0.364. The topological polar surface area (TPSA) is 67.5 Å². The number of hydrogen-bond donors (Lipinski definition) is 2. The van der Waals surface area contributed by atoms with Gasteiger partial charge < -0.3 is 19.2 Å². The lowest BCUT2D eigenvalue weighted by molar-refractivity contribution is -0.0114. The highest BCUT2D eigenvalue weighted by Gasteiger charge is 2.46. The number of imidazole rings is 1. The molecule has 2 N–H and O–H groups in total. The molecular weight excluding hydrogens is 500 g/mol. The summed E-state index contributed by atoms with van der Waals surface area (Å²) in [5, 5.41) is 21.0. The van der Waals surface area contributed by atoms with Crippen LogP contribution in [0.15, 0.2) is 104 Å². The minimum atomic E-state index is -2.37. The Bertz CT molecular complexity index is 1220. The van der Waals surface area contributed by atoms with E-state index in [0.29, 0.717) is 11.6 Å². The lowest BCUT2D eigenvalue weighted by atomic mass is 9.77. The average Bonchev–Trinajstić information content (AvgIpc) is 3.43. The first-order chi connectivity index (χ1) is 18.6. The number of aliphatic hydroxyl groups excluding tert-OH is 2. The molecule has 0 spiro atoms. The van der Waals surface area contributed by atoms with Crippen LogP contribution < -0.4 is 0 Å². The van der Waals surface area contributed by atoms with Gasteiger partial charge in [0.1, 0.15) is 17.7 Å². The number of aliphatic hydroxyl groups is 2.